The lowest BCUT2D eigenvalue weighted by atomic mass is 9.75. The van der Waals surface area contributed by atoms with E-state index in [1.807, 2.05) is 0 Å². The minimum atomic E-state index is -5.03. The molecule has 37 heavy (non-hydrogen) atoms. The molecule has 0 spiro atoms. The molecule has 0 radical (unpaired) electrons. The highest BCUT2D eigenvalue weighted by Gasteiger charge is 2.30. The van der Waals surface area contributed by atoms with E-state index in [4.69, 9.17) is 4.74 Å². The van der Waals surface area contributed by atoms with Gasteiger partial charge in [0.25, 0.3) is 10.1 Å². The van der Waals surface area contributed by atoms with Gasteiger partial charge in [-0.1, -0.05) is 69.9 Å². The summed E-state index contributed by atoms with van der Waals surface area (Å²) in [6.45, 7) is 0. The number of halogens is 2. The lowest BCUT2D eigenvalue weighted by Gasteiger charge is -2.32. The van der Waals surface area contributed by atoms with Gasteiger partial charge in [0, 0.05) is 12.1 Å². The normalized spacial score (nSPS) is 20.7. The Bertz CT molecular complexity index is 1150. The fourth-order valence-electron chi connectivity index (χ4n) is 6.88. The molecule has 7 heteroatoms. The van der Waals surface area contributed by atoms with Crippen LogP contribution in [0.3, 0.4) is 0 Å². The largest absolute Gasteiger partial charge is 0.457 e. The fraction of sp³-hybridized carbons (Fsp3) is 0.600. The molecule has 3 fully saturated rings. The van der Waals surface area contributed by atoms with Crippen molar-refractivity contribution in [1.82, 2.24) is 0 Å². The Morgan fingerprint density at radius 2 is 1.05 bits per heavy atom. The number of hydrogen-bond donors (Lipinski definition) is 1. The highest BCUT2D eigenvalue weighted by atomic mass is 32.2. The monoisotopic (exact) mass is 532 g/mol. The molecule has 0 saturated heterocycles. The summed E-state index contributed by atoms with van der Waals surface area (Å²) in [4.78, 5) is -1.34. The van der Waals surface area contributed by atoms with Crippen molar-refractivity contribution in [3.05, 3.63) is 52.6 Å². The number of rotatable bonds is 6. The Kier molecular flexibility index (Phi) is 8.20. The van der Waals surface area contributed by atoms with E-state index in [9.17, 15) is 21.8 Å². The van der Waals surface area contributed by atoms with Crippen LogP contribution in [0.15, 0.2) is 29.2 Å². The molecule has 0 aliphatic heterocycles. The van der Waals surface area contributed by atoms with Gasteiger partial charge in [0.05, 0.1) is 0 Å². The van der Waals surface area contributed by atoms with E-state index < -0.39 is 26.6 Å². The molecule has 202 valence electrons. The molecule has 1 N–H and O–H groups in total. The molecule has 4 nitrogen and oxygen atoms in total. The molecule has 0 aromatic heterocycles. The van der Waals surface area contributed by atoms with Crippen LogP contribution in [0.25, 0.3) is 0 Å². The first kappa shape index (κ1) is 26.6. The summed E-state index contributed by atoms with van der Waals surface area (Å²) in [6.07, 6.45) is 17.5. The lowest BCUT2D eigenvalue weighted by Crippen LogP contribution is -2.14. The predicted molar refractivity (Wildman–Crippen MR) is 140 cm³/mol. The van der Waals surface area contributed by atoms with Gasteiger partial charge < -0.3 is 4.74 Å². The van der Waals surface area contributed by atoms with Crippen molar-refractivity contribution in [3.63, 3.8) is 0 Å². The molecular weight excluding hydrogens is 494 g/mol. The number of benzene rings is 2. The van der Waals surface area contributed by atoms with Crippen molar-refractivity contribution >= 4 is 10.1 Å². The summed E-state index contributed by atoms with van der Waals surface area (Å²) in [6, 6.07) is 6.37. The van der Waals surface area contributed by atoms with Crippen molar-refractivity contribution in [3.8, 4) is 11.5 Å². The first-order chi connectivity index (χ1) is 17.8. The quantitative estimate of drug-likeness (QED) is 0.377. The standard InChI is InChI=1S/C30H38F2O4S/c31-27-18-24(19-28(32)30(27)37(33,34)35)36-29-25(21-12-6-2-7-13-21)16-23(20-10-4-1-5-11-20)17-26(29)22-14-8-3-9-15-22/h16-22H,1-15H2,(H,33,34,35). The topological polar surface area (TPSA) is 63.6 Å². The lowest BCUT2D eigenvalue weighted by molar-refractivity contribution is 0.391. The first-order valence-corrected chi connectivity index (χ1v) is 15.6. The van der Waals surface area contributed by atoms with Crippen LogP contribution < -0.4 is 4.74 Å². The molecule has 0 amide bonds. The van der Waals surface area contributed by atoms with Crippen molar-refractivity contribution in [2.45, 2.75) is 119 Å². The van der Waals surface area contributed by atoms with Crippen LogP contribution in [-0.4, -0.2) is 13.0 Å². The Hall–Kier alpha value is -1.99. The molecule has 0 unspecified atom stereocenters. The Morgan fingerprint density at radius 1 is 0.649 bits per heavy atom. The van der Waals surface area contributed by atoms with Crippen molar-refractivity contribution in [1.29, 1.82) is 0 Å². The van der Waals surface area contributed by atoms with E-state index >= 15 is 0 Å². The second kappa shape index (κ2) is 11.4. The highest BCUT2D eigenvalue weighted by Crippen LogP contribution is 2.48. The smallest absolute Gasteiger partial charge is 0.300 e. The average molecular weight is 533 g/mol. The van der Waals surface area contributed by atoms with E-state index in [0.29, 0.717) is 23.5 Å². The van der Waals surface area contributed by atoms with E-state index in [2.05, 4.69) is 12.1 Å². The second-order valence-corrected chi connectivity index (χ2v) is 12.7. The molecule has 0 heterocycles. The molecule has 2 aromatic carbocycles. The highest BCUT2D eigenvalue weighted by molar-refractivity contribution is 7.85. The van der Waals surface area contributed by atoms with Crippen molar-refractivity contribution in [2.75, 3.05) is 0 Å². The predicted octanol–water partition coefficient (Wildman–Crippen LogP) is 9.15. The maximum atomic E-state index is 14.7. The van der Waals surface area contributed by atoms with E-state index in [0.717, 1.165) is 74.6 Å². The third-order valence-electron chi connectivity index (χ3n) is 8.78. The third-order valence-corrected chi connectivity index (χ3v) is 9.69. The van der Waals surface area contributed by atoms with E-state index in [-0.39, 0.29) is 5.75 Å². The summed E-state index contributed by atoms with van der Waals surface area (Å²) in [5.41, 5.74) is 3.67. The summed E-state index contributed by atoms with van der Waals surface area (Å²) in [5, 5.41) is 0. The molecule has 0 atom stereocenters. The SMILES string of the molecule is O=S(=O)(O)c1c(F)cc(Oc2c(C3CCCCC3)cc(C3CCCCC3)cc2C2CCCCC2)cc1F. The number of ether oxygens (including phenoxy) is 1. The van der Waals surface area contributed by atoms with Crippen LogP contribution >= 0.6 is 0 Å². The minimum absolute atomic E-state index is 0.0815. The van der Waals surface area contributed by atoms with Crippen LogP contribution in [0.5, 0.6) is 11.5 Å². The van der Waals surface area contributed by atoms with Gasteiger partial charge >= 0.3 is 0 Å². The molecule has 3 aliphatic carbocycles. The Labute approximate surface area is 219 Å². The van der Waals surface area contributed by atoms with Crippen molar-refractivity contribution < 1.29 is 26.5 Å². The molecule has 0 bridgehead atoms. The molecule has 5 rings (SSSR count). The van der Waals surface area contributed by atoms with Gasteiger partial charge in [-0.3, -0.25) is 4.55 Å². The van der Waals surface area contributed by atoms with Gasteiger partial charge in [-0.2, -0.15) is 8.42 Å². The molecular formula is C30H38F2O4S. The van der Waals surface area contributed by atoms with Crippen LogP contribution in [-0.2, 0) is 10.1 Å². The molecule has 3 saturated carbocycles. The van der Waals surface area contributed by atoms with Gasteiger partial charge in [-0.25, -0.2) is 8.78 Å². The zero-order chi connectivity index (χ0) is 26.0. The van der Waals surface area contributed by atoms with Gasteiger partial charge in [-0.15, -0.1) is 0 Å². The summed E-state index contributed by atoms with van der Waals surface area (Å²) in [5.74, 6) is -0.873. The van der Waals surface area contributed by atoms with Gasteiger partial charge in [0.15, 0.2) is 16.5 Å². The zero-order valence-corrected chi connectivity index (χ0v) is 22.3. The summed E-state index contributed by atoms with van der Waals surface area (Å²) < 4.78 is 67.9. The Balaban J connectivity index is 1.63. The fourth-order valence-corrected chi connectivity index (χ4v) is 7.49. The average Bonchev–Trinajstić information content (AvgIpc) is 2.89. The zero-order valence-electron chi connectivity index (χ0n) is 21.5. The minimum Gasteiger partial charge on any atom is -0.457 e. The maximum absolute atomic E-state index is 14.7. The van der Waals surface area contributed by atoms with E-state index in [1.54, 1.807) is 0 Å². The van der Waals surface area contributed by atoms with E-state index in [1.165, 1.54) is 50.5 Å². The third kappa shape index (κ3) is 6.03. The second-order valence-electron chi connectivity index (χ2n) is 11.3. The van der Waals surface area contributed by atoms with Crippen LogP contribution in [0.2, 0.25) is 0 Å². The Morgan fingerprint density at radius 3 is 1.46 bits per heavy atom. The summed E-state index contributed by atoms with van der Waals surface area (Å²) >= 11 is 0. The van der Waals surface area contributed by atoms with Gasteiger partial charge in [-0.05, 0) is 73.0 Å². The van der Waals surface area contributed by atoms with Gasteiger partial charge in [0.2, 0.25) is 0 Å². The first-order valence-electron chi connectivity index (χ1n) is 14.1. The van der Waals surface area contributed by atoms with Gasteiger partial charge in [0.1, 0.15) is 11.5 Å². The van der Waals surface area contributed by atoms with Crippen molar-refractivity contribution in [2.24, 2.45) is 0 Å². The maximum Gasteiger partial charge on any atom is 0.300 e. The summed E-state index contributed by atoms with van der Waals surface area (Å²) in [7, 11) is -5.03. The molecule has 2 aromatic rings. The molecule has 3 aliphatic rings. The van der Waals surface area contributed by atoms with Crippen LogP contribution in [0, 0.1) is 11.6 Å². The van der Waals surface area contributed by atoms with Crippen LogP contribution in [0.1, 0.15) is 131 Å². The van der Waals surface area contributed by atoms with Crippen LogP contribution in [0.4, 0.5) is 8.78 Å². The number of hydrogen-bond acceptors (Lipinski definition) is 3.